The smallest absolute Gasteiger partial charge is 0.268 e. The summed E-state index contributed by atoms with van der Waals surface area (Å²) in [5, 5.41) is 6.45. The molecule has 0 unspecified atom stereocenters. The number of hydrogen-bond acceptors (Lipinski definition) is 3. The van der Waals surface area contributed by atoms with Crippen LogP contribution in [-0.4, -0.2) is 15.9 Å². The molecule has 0 atom stereocenters. The number of halogens is 1. The van der Waals surface area contributed by atoms with Crippen molar-refractivity contribution in [1.82, 2.24) is 15.3 Å². The van der Waals surface area contributed by atoms with E-state index in [9.17, 15) is 9.18 Å². The molecule has 0 aliphatic heterocycles. The predicted octanol–water partition coefficient (Wildman–Crippen LogP) is 4.98. The van der Waals surface area contributed by atoms with E-state index in [1.54, 1.807) is 23.6 Å². The lowest BCUT2D eigenvalue weighted by Crippen LogP contribution is -2.22. The second-order valence-corrected chi connectivity index (χ2v) is 7.38. The summed E-state index contributed by atoms with van der Waals surface area (Å²) in [5.41, 5.74) is 4.87. The van der Waals surface area contributed by atoms with Crippen LogP contribution in [0.3, 0.4) is 0 Å². The minimum absolute atomic E-state index is 0.189. The van der Waals surface area contributed by atoms with Gasteiger partial charge in [0.15, 0.2) is 0 Å². The normalized spacial score (nSPS) is 11.1. The third-order valence-corrected chi connectivity index (χ3v) is 5.54. The number of aryl methyl sites for hydroxylation is 2. The molecular formula is C21H18FN3OS. The Kier molecular flexibility index (Phi) is 4.49. The fourth-order valence-corrected chi connectivity index (χ4v) is 3.75. The summed E-state index contributed by atoms with van der Waals surface area (Å²) in [5.74, 6) is -0.493. The van der Waals surface area contributed by atoms with E-state index >= 15 is 0 Å². The summed E-state index contributed by atoms with van der Waals surface area (Å²) >= 11 is 1.40. The van der Waals surface area contributed by atoms with E-state index in [1.807, 2.05) is 25.1 Å². The third-order valence-electron chi connectivity index (χ3n) is 4.69. The van der Waals surface area contributed by atoms with Gasteiger partial charge in [-0.05, 0) is 49.2 Å². The zero-order chi connectivity index (χ0) is 19.0. The number of benzene rings is 2. The molecular weight excluding hydrogens is 361 g/mol. The monoisotopic (exact) mass is 379 g/mol. The Hall–Kier alpha value is -2.99. The summed E-state index contributed by atoms with van der Waals surface area (Å²) in [6.45, 7) is 4.40. The second kappa shape index (κ2) is 6.96. The molecule has 0 aliphatic carbocycles. The summed E-state index contributed by atoms with van der Waals surface area (Å²) in [6.07, 6.45) is 0. The molecule has 6 heteroatoms. The van der Waals surface area contributed by atoms with E-state index in [4.69, 9.17) is 0 Å². The first-order chi connectivity index (χ1) is 13.0. The number of thiazole rings is 1. The molecule has 0 spiro atoms. The first kappa shape index (κ1) is 17.4. The Morgan fingerprint density at radius 3 is 2.85 bits per heavy atom. The zero-order valence-corrected chi connectivity index (χ0v) is 15.8. The fourth-order valence-electron chi connectivity index (χ4n) is 3.02. The lowest BCUT2D eigenvalue weighted by molar-refractivity contribution is 0.0946. The number of fused-ring (bicyclic) bond motifs is 1. The standard InChI is InChI=1S/C21H18FN3OS/c1-12-7-8-17-15(13(12)2)9-18(24-17)21(26)23-10-20-25-19(11-27-20)14-5-3-4-6-16(14)22/h3-9,11,24H,10H2,1-2H3,(H,23,26). The molecule has 27 heavy (non-hydrogen) atoms. The first-order valence-electron chi connectivity index (χ1n) is 8.59. The lowest BCUT2D eigenvalue weighted by atomic mass is 10.1. The van der Waals surface area contributed by atoms with Gasteiger partial charge in [-0.1, -0.05) is 18.2 Å². The van der Waals surface area contributed by atoms with Crippen molar-refractivity contribution in [3.8, 4) is 11.3 Å². The van der Waals surface area contributed by atoms with E-state index in [1.165, 1.54) is 23.0 Å². The Bertz CT molecular complexity index is 1150. The molecule has 0 saturated carbocycles. The van der Waals surface area contributed by atoms with Crippen LogP contribution in [0, 0.1) is 19.7 Å². The minimum atomic E-state index is -0.304. The van der Waals surface area contributed by atoms with Crippen LogP contribution in [0.1, 0.15) is 26.6 Å². The van der Waals surface area contributed by atoms with Gasteiger partial charge in [-0.15, -0.1) is 11.3 Å². The van der Waals surface area contributed by atoms with Crippen molar-refractivity contribution in [2.24, 2.45) is 0 Å². The first-order valence-corrected chi connectivity index (χ1v) is 9.47. The molecule has 0 saturated heterocycles. The van der Waals surface area contributed by atoms with Crippen LogP contribution in [0.4, 0.5) is 4.39 Å². The topological polar surface area (TPSA) is 57.8 Å². The summed E-state index contributed by atoms with van der Waals surface area (Å²) < 4.78 is 13.9. The van der Waals surface area contributed by atoms with Crippen molar-refractivity contribution < 1.29 is 9.18 Å². The molecule has 2 N–H and O–H groups in total. The van der Waals surface area contributed by atoms with Crippen LogP contribution >= 0.6 is 11.3 Å². The van der Waals surface area contributed by atoms with Crippen LogP contribution in [0.25, 0.3) is 22.2 Å². The molecule has 2 aromatic carbocycles. The minimum Gasteiger partial charge on any atom is -0.351 e. The summed E-state index contributed by atoms with van der Waals surface area (Å²) in [7, 11) is 0. The summed E-state index contributed by atoms with van der Waals surface area (Å²) in [6, 6.07) is 12.4. The van der Waals surface area contributed by atoms with Crippen molar-refractivity contribution in [2.75, 3.05) is 0 Å². The van der Waals surface area contributed by atoms with Gasteiger partial charge in [-0.2, -0.15) is 0 Å². The van der Waals surface area contributed by atoms with E-state index in [0.29, 0.717) is 23.5 Å². The molecule has 4 rings (SSSR count). The maximum Gasteiger partial charge on any atom is 0.268 e. The Morgan fingerprint density at radius 1 is 1.22 bits per heavy atom. The van der Waals surface area contributed by atoms with Gasteiger partial charge < -0.3 is 10.3 Å². The molecule has 0 fully saturated rings. The Morgan fingerprint density at radius 2 is 2.04 bits per heavy atom. The number of aromatic amines is 1. The van der Waals surface area contributed by atoms with Crippen molar-refractivity contribution >= 4 is 28.1 Å². The third kappa shape index (κ3) is 3.36. The van der Waals surface area contributed by atoms with Gasteiger partial charge in [-0.3, -0.25) is 4.79 Å². The molecule has 2 aromatic heterocycles. The quantitative estimate of drug-likeness (QED) is 0.525. The number of carbonyl (C=O) groups is 1. The molecule has 2 heterocycles. The van der Waals surface area contributed by atoms with E-state index < -0.39 is 0 Å². The number of carbonyl (C=O) groups excluding carboxylic acids is 1. The van der Waals surface area contributed by atoms with Crippen LogP contribution < -0.4 is 5.32 Å². The van der Waals surface area contributed by atoms with Crippen molar-refractivity contribution in [2.45, 2.75) is 20.4 Å². The second-order valence-electron chi connectivity index (χ2n) is 6.44. The van der Waals surface area contributed by atoms with Gasteiger partial charge in [0.1, 0.15) is 16.5 Å². The maximum absolute atomic E-state index is 13.9. The highest BCUT2D eigenvalue weighted by molar-refractivity contribution is 7.09. The van der Waals surface area contributed by atoms with Crippen LogP contribution in [0.15, 0.2) is 47.8 Å². The largest absolute Gasteiger partial charge is 0.351 e. The van der Waals surface area contributed by atoms with E-state index in [0.717, 1.165) is 21.5 Å². The van der Waals surface area contributed by atoms with Gasteiger partial charge in [-0.25, -0.2) is 9.37 Å². The molecule has 1 amide bonds. The van der Waals surface area contributed by atoms with Crippen LogP contribution in [0.2, 0.25) is 0 Å². The van der Waals surface area contributed by atoms with Gasteiger partial charge in [0.2, 0.25) is 0 Å². The Balaban J connectivity index is 1.49. The lowest BCUT2D eigenvalue weighted by Gasteiger charge is -2.01. The van der Waals surface area contributed by atoms with E-state index in [2.05, 4.69) is 22.2 Å². The number of hydrogen-bond donors (Lipinski definition) is 2. The van der Waals surface area contributed by atoms with Gasteiger partial charge >= 0.3 is 0 Å². The average molecular weight is 379 g/mol. The molecule has 136 valence electrons. The molecule has 0 bridgehead atoms. The number of H-pyrrole nitrogens is 1. The van der Waals surface area contributed by atoms with Gasteiger partial charge in [0.25, 0.3) is 5.91 Å². The highest BCUT2D eigenvalue weighted by atomic mass is 32.1. The predicted molar refractivity (Wildman–Crippen MR) is 106 cm³/mol. The highest BCUT2D eigenvalue weighted by Gasteiger charge is 2.13. The van der Waals surface area contributed by atoms with Gasteiger partial charge in [0, 0.05) is 21.8 Å². The number of aromatic nitrogens is 2. The Labute approximate surface area is 160 Å². The number of nitrogens with one attached hydrogen (secondary N) is 2. The molecule has 0 radical (unpaired) electrons. The van der Waals surface area contributed by atoms with Gasteiger partial charge in [0.05, 0.1) is 12.2 Å². The average Bonchev–Trinajstić information content (AvgIpc) is 3.31. The zero-order valence-electron chi connectivity index (χ0n) is 15.0. The van der Waals surface area contributed by atoms with Crippen LogP contribution in [0.5, 0.6) is 0 Å². The van der Waals surface area contributed by atoms with E-state index in [-0.39, 0.29) is 11.7 Å². The number of nitrogens with zero attached hydrogens (tertiary/aromatic N) is 1. The molecule has 0 aliphatic rings. The maximum atomic E-state index is 13.9. The van der Waals surface area contributed by atoms with Crippen molar-refractivity contribution in [3.05, 3.63) is 75.5 Å². The number of amides is 1. The SMILES string of the molecule is Cc1ccc2[nH]c(C(=O)NCc3nc(-c4ccccc4F)cs3)cc2c1C. The van der Waals surface area contributed by atoms with Crippen LogP contribution in [-0.2, 0) is 6.54 Å². The fraction of sp³-hybridized carbons (Fsp3) is 0.143. The van der Waals surface area contributed by atoms with Crippen molar-refractivity contribution in [3.63, 3.8) is 0 Å². The highest BCUT2D eigenvalue weighted by Crippen LogP contribution is 2.25. The molecule has 4 aromatic rings. The summed E-state index contributed by atoms with van der Waals surface area (Å²) in [4.78, 5) is 20.1. The number of rotatable bonds is 4. The molecule has 4 nitrogen and oxygen atoms in total. The van der Waals surface area contributed by atoms with Crippen molar-refractivity contribution in [1.29, 1.82) is 0 Å².